The summed E-state index contributed by atoms with van der Waals surface area (Å²) in [5, 5.41) is 13.3. The largest absolute Gasteiger partial charge is 0.492 e. The summed E-state index contributed by atoms with van der Waals surface area (Å²) in [5.74, 6) is -0.310. The fourth-order valence-corrected chi connectivity index (χ4v) is 4.58. The molecule has 8 nitrogen and oxygen atoms in total. The minimum atomic E-state index is -0.568. The molecule has 0 saturated carbocycles. The molecule has 2 N–H and O–H groups in total. The number of hydrogen-bond donors (Lipinski definition) is 2. The Balaban J connectivity index is 1.20. The van der Waals surface area contributed by atoms with Gasteiger partial charge in [0.2, 0.25) is 5.91 Å². The number of hydrogen-bond acceptors (Lipinski definition) is 6. The van der Waals surface area contributed by atoms with Gasteiger partial charge in [0.1, 0.15) is 0 Å². The van der Waals surface area contributed by atoms with Gasteiger partial charge in [-0.05, 0) is 42.3 Å². The number of nitrogens with zero attached hydrogens (tertiary/aromatic N) is 3. The van der Waals surface area contributed by atoms with E-state index in [0.717, 1.165) is 30.0 Å². The lowest BCUT2D eigenvalue weighted by atomic mass is 10.1. The predicted molar refractivity (Wildman–Crippen MR) is 128 cm³/mol. The summed E-state index contributed by atoms with van der Waals surface area (Å²) in [7, 11) is 3.20. The number of nitrogens with one attached hydrogen (secondary N) is 1. The molecule has 0 bridgehead atoms. The highest BCUT2D eigenvalue weighted by molar-refractivity contribution is 6.03. The zero-order valence-electron chi connectivity index (χ0n) is 19.6. The van der Waals surface area contributed by atoms with E-state index >= 15 is 0 Å². The average Bonchev–Trinajstić information content (AvgIpc) is 3.12. The van der Waals surface area contributed by atoms with Crippen molar-refractivity contribution in [3.63, 3.8) is 0 Å². The smallest absolute Gasteiger partial charge is 0.251 e. The molecule has 4 rings (SSSR count). The second-order valence-corrected chi connectivity index (χ2v) is 8.75. The first-order valence-corrected chi connectivity index (χ1v) is 11.5. The van der Waals surface area contributed by atoms with Crippen LogP contribution >= 0.6 is 0 Å². The third-order valence-corrected chi connectivity index (χ3v) is 6.51. The molecule has 2 aliphatic heterocycles. The van der Waals surface area contributed by atoms with Crippen molar-refractivity contribution in [3.8, 4) is 5.75 Å². The molecule has 1 unspecified atom stereocenters. The monoisotopic (exact) mass is 470 g/mol. The van der Waals surface area contributed by atoms with Crippen LogP contribution in [0.15, 0.2) is 36.4 Å². The van der Waals surface area contributed by atoms with Gasteiger partial charge in [-0.3, -0.25) is 14.5 Å². The highest BCUT2D eigenvalue weighted by Gasteiger charge is 2.25. The van der Waals surface area contributed by atoms with E-state index in [0.29, 0.717) is 44.6 Å². The van der Waals surface area contributed by atoms with Crippen molar-refractivity contribution in [2.24, 2.45) is 0 Å². The van der Waals surface area contributed by atoms with E-state index in [4.69, 9.17) is 4.74 Å². The Morgan fingerprint density at radius 1 is 1.18 bits per heavy atom. The van der Waals surface area contributed by atoms with Gasteiger partial charge in [0.25, 0.3) is 5.91 Å². The van der Waals surface area contributed by atoms with Gasteiger partial charge in [-0.1, -0.05) is 6.07 Å². The zero-order valence-corrected chi connectivity index (χ0v) is 19.6. The van der Waals surface area contributed by atoms with E-state index in [2.05, 4.69) is 15.1 Å². The number of halogens is 1. The number of amides is 2. The molecule has 2 heterocycles. The number of benzene rings is 2. The minimum Gasteiger partial charge on any atom is -0.492 e. The number of rotatable bonds is 8. The van der Waals surface area contributed by atoms with E-state index in [1.807, 2.05) is 6.07 Å². The first-order chi connectivity index (χ1) is 16.4. The van der Waals surface area contributed by atoms with Crippen molar-refractivity contribution in [3.05, 3.63) is 53.3 Å². The highest BCUT2D eigenvalue weighted by Crippen LogP contribution is 2.31. The Labute approximate surface area is 198 Å². The second kappa shape index (κ2) is 10.4. The zero-order chi connectivity index (χ0) is 24.2. The molecule has 182 valence electrons. The van der Waals surface area contributed by atoms with E-state index in [-0.39, 0.29) is 23.4 Å². The molecule has 2 amide bonds. The summed E-state index contributed by atoms with van der Waals surface area (Å²) in [5.41, 5.74) is 2.95. The maximum Gasteiger partial charge on any atom is 0.251 e. The summed E-state index contributed by atoms with van der Waals surface area (Å²) in [6.07, 6.45) is 0.183. The van der Waals surface area contributed by atoms with Gasteiger partial charge in [-0.15, -0.1) is 0 Å². The highest BCUT2D eigenvalue weighted by atomic mass is 19.1. The molecule has 0 aliphatic carbocycles. The average molecular weight is 471 g/mol. The van der Waals surface area contributed by atoms with Gasteiger partial charge in [0.15, 0.2) is 11.6 Å². The Morgan fingerprint density at radius 2 is 1.94 bits per heavy atom. The lowest BCUT2D eigenvalue weighted by Gasteiger charge is -2.37. The van der Waals surface area contributed by atoms with Gasteiger partial charge in [0.05, 0.1) is 25.3 Å². The SMILES string of the molecule is COc1c(F)cccc1N1CCN(CC(O)CCNC(=O)c2ccc3c(c2)CC(=O)N3C)CC1. The van der Waals surface area contributed by atoms with E-state index in [1.165, 1.54) is 13.2 Å². The Bertz CT molecular complexity index is 1060. The number of piperazine rings is 1. The molecular weight excluding hydrogens is 439 g/mol. The van der Waals surface area contributed by atoms with Crippen LogP contribution in [-0.4, -0.2) is 81.4 Å². The van der Waals surface area contributed by atoms with E-state index in [9.17, 15) is 19.1 Å². The number of β-amino-alcohol motifs (C(OH)–C–C–N with tert-alkyl or cyclic N) is 1. The van der Waals surface area contributed by atoms with E-state index in [1.54, 1.807) is 36.2 Å². The maximum absolute atomic E-state index is 14.0. The number of aliphatic hydroxyl groups excluding tert-OH is 1. The summed E-state index contributed by atoms with van der Waals surface area (Å²) >= 11 is 0. The van der Waals surface area contributed by atoms with E-state index < -0.39 is 6.10 Å². The fraction of sp³-hybridized carbons (Fsp3) is 0.440. The van der Waals surface area contributed by atoms with Crippen LogP contribution in [0.2, 0.25) is 0 Å². The van der Waals surface area contributed by atoms with Crippen molar-refractivity contribution in [2.45, 2.75) is 18.9 Å². The number of anilines is 2. The second-order valence-electron chi connectivity index (χ2n) is 8.75. The lowest BCUT2D eigenvalue weighted by Crippen LogP contribution is -2.49. The lowest BCUT2D eigenvalue weighted by molar-refractivity contribution is -0.117. The maximum atomic E-state index is 14.0. The molecule has 2 aromatic rings. The summed E-state index contributed by atoms with van der Waals surface area (Å²) < 4.78 is 19.2. The number of fused-ring (bicyclic) bond motifs is 1. The van der Waals surface area contributed by atoms with Crippen molar-refractivity contribution in [1.82, 2.24) is 10.2 Å². The minimum absolute atomic E-state index is 0.0200. The third-order valence-electron chi connectivity index (χ3n) is 6.51. The van der Waals surface area contributed by atoms with Crippen LogP contribution < -0.4 is 19.9 Å². The number of aliphatic hydroxyl groups is 1. The molecule has 1 atom stereocenters. The molecule has 2 aromatic carbocycles. The van der Waals surface area contributed by atoms with Crippen LogP contribution in [0.25, 0.3) is 0 Å². The molecule has 34 heavy (non-hydrogen) atoms. The Hall–Kier alpha value is -3.17. The molecular formula is C25H31FN4O4. The van der Waals surface area contributed by atoms with Crippen LogP contribution in [-0.2, 0) is 11.2 Å². The number of carbonyl (C=O) groups is 2. The van der Waals surface area contributed by atoms with Gasteiger partial charge in [-0.25, -0.2) is 4.39 Å². The number of carbonyl (C=O) groups excluding carboxylic acids is 2. The quantitative estimate of drug-likeness (QED) is 0.611. The van der Waals surface area contributed by atoms with Gasteiger partial charge in [-0.2, -0.15) is 0 Å². The summed E-state index contributed by atoms with van der Waals surface area (Å²) in [6, 6.07) is 10.2. The third kappa shape index (κ3) is 5.15. The molecule has 0 aromatic heterocycles. The van der Waals surface area contributed by atoms with Crippen LogP contribution in [0.5, 0.6) is 5.75 Å². The Kier molecular flexibility index (Phi) is 7.33. The first-order valence-electron chi connectivity index (χ1n) is 11.5. The van der Waals surface area contributed by atoms with Crippen LogP contribution in [0.3, 0.4) is 0 Å². The van der Waals surface area contributed by atoms with Gasteiger partial charge in [0, 0.05) is 57.6 Å². The van der Waals surface area contributed by atoms with Crippen LogP contribution in [0.1, 0.15) is 22.3 Å². The molecule has 0 radical (unpaired) electrons. The number of ether oxygens (including phenoxy) is 1. The Morgan fingerprint density at radius 3 is 2.68 bits per heavy atom. The molecule has 9 heteroatoms. The standard InChI is InChI=1S/C25H31FN4O4/c1-28-21-7-6-17(14-18(21)15-23(28)32)25(33)27-9-8-19(31)16-29-10-12-30(13-11-29)22-5-3-4-20(26)24(22)34-2/h3-7,14,19,31H,8-13,15-16H2,1-2H3,(H,27,33). The van der Waals surface area contributed by atoms with Gasteiger partial charge >= 0.3 is 0 Å². The number of methoxy groups -OCH3 is 1. The predicted octanol–water partition coefficient (Wildman–Crippen LogP) is 1.66. The number of para-hydroxylation sites is 1. The molecule has 2 aliphatic rings. The number of likely N-dealkylation sites (N-methyl/N-ethyl adjacent to an activating group) is 1. The fourth-order valence-electron chi connectivity index (χ4n) is 4.58. The van der Waals surface area contributed by atoms with Crippen LogP contribution in [0.4, 0.5) is 15.8 Å². The van der Waals surface area contributed by atoms with Crippen molar-refractivity contribution in [1.29, 1.82) is 0 Å². The van der Waals surface area contributed by atoms with Crippen LogP contribution in [0, 0.1) is 5.82 Å². The van der Waals surface area contributed by atoms with Crippen molar-refractivity contribution in [2.75, 3.05) is 63.2 Å². The molecule has 1 fully saturated rings. The first kappa shape index (κ1) is 24.0. The topological polar surface area (TPSA) is 85.3 Å². The molecule has 1 saturated heterocycles. The summed E-state index contributed by atoms with van der Waals surface area (Å²) in [4.78, 5) is 30.2. The van der Waals surface area contributed by atoms with Crippen molar-refractivity contribution >= 4 is 23.2 Å². The van der Waals surface area contributed by atoms with Gasteiger partial charge < -0.3 is 25.0 Å². The normalized spacial score (nSPS) is 17.0. The summed E-state index contributed by atoms with van der Waals surface area (Å²) in [6.45, 7) is 3.77. The molecule has 0 spiro atoms. The van der Waals surface area contributed by atoms with Crippen molar-refractivity contribution < 1.29 is 23.8 Å².